The van der Waals surface area contributed by atoms with Crippen molar-refractivity contribution in [2.75, 3.05) is 37.6 Å². The summed E-state index contributed by atoms with van der Waals surface area (Å²) in [5.74, 6) is 0.588. The highest BCUT2D eigenvalue weighted by Crippen LogP contribution is 2.14. The van der Waals surface area contributed by atoms with E-state index in [2.05, 4.69) is 19.8 Å². The van der Waals surface area contributed by atoms with Crippen LogP contribution in [0.5, 0.6) is 0 Å². The van der Waals surface area contributed by atoms with E-state index in [-0.39, 0.29) is 5.84 Å². The van der Waals surface area contributed by atoms with Gasteiger partial charge in [0.1, 0.15) is 11.5 Å². The largest absolute Gasteiger partial charge is 0.389 e. The van der Waals surface area contributed by atoms with Crippen LogP contribution in [0.4, 0.5) is 5.95 Å². The fourth-order valence-corrected chi connectivity index (χ4v) is 2.49. The van der Waals surface area contributed by atoms with Crippen LogP contribution < -0.4 is 10.6 Å². The average Bonchev–Trinajstić information content (AvgIpc) is 2.37. The number of nitrogens with two attached hydrogens (primary N) is 1. The van der Waals surface area contributed by atoms with Crippen molar-refractivity contribution >= 4 is 11.8 Å². The molecule has 4 N–H and O–H groups in total. The zero-order valence-corrected chi connectivity index (χ0v) is 12.9. The Morgan fingerprint density at radius 1 is 1.33 bits per heavy atom. The normalized spacial score (nSPS) is 17.0. The van der Waals surface area contributed by atoms with Crippen LogP contribution in [0.2, 0.25) is 0 Å². The number of amidine groups is 1. The van der Waals surface area contributed by atoms with Gasteiger partial charge in [-0.05, 0) is 26.8 Å². The SMILES string of the molecule is Cc1cc(C(=N)N)nc(N2CCN(CC(C)(C)O)CC2)n1. The van der Waals surface area contributed by atoms with E-state index in [0.717, 1.165) is 31.9 Å². The second kappa shape index (κ2) is 5.95. The van der Waals surface area contributed by atoms with E-state index >= 15 is 0 Å². The number of aromatic nitrogens is 2. The molecule has 1 aromatic heterocycles. The van der Waals surface area contributed by atoms with Gasteiger partial charge in [0.15, 0.2) is 0 Å². The molecule has 0 unspecified atom stereocenters. The predicted molar refractivity (Wildman–Crippen MR) is 82.7 cm³/mol. The number of rotatable bonds is 4. The van der Waals surface area contributed by atoms with Crippen LogP contribution in [-0.2, 0) is 0 Å². The number of β-amino-alcohol motifs (C(OH)–C–C–N with tert-alkyl or cyclic N) is 1. The number of nitrogens with zero attached hydrogens (tertiary/aromatic N) is 4. The Hall–Kier alpha value is -1.73. The third-order valence-corrected chi connectivity index (χ3v) is 3.38. The van der Waals surface area contributed by atoms with Gasteiger partial charge < -0.3 is 15.7 Å². The van der Waals surface area contributed by atoms with Crippen LogP contribution in [0.3, 0.4) is 0 Å². The lowest BCUT2D eigenvalue weighted by Crippen LogP contribution is -2.51. The maximum atomic E-state index is 9.87. The summed E-state index contributed by atoms with van der Waals surface area (Å²) in [6.07, 6.45) is 0. The Bertz CT molecular complexity index is 517. The first-order valence-electron chi connectivity index (χ1n) is 7.14. The van der Waals surface area contributed by atoms with E-state index in [1.54, 1.807) is 6.07 Å². The number of piperazine rings is 1. The highest BCUT2D eigenvalue weighted by Gasteiger charge is 2.24. The number of nitrogens with one attached hydrogen (secondary N) is 1. The Balaban J connectivity index is 2.04. The smallest absolute Gasteiger partial charge is 0.226 e. The zero-order chi connectivity index (χ0) is 15.6. The van der Waals surface area contributed by atoms with Crippen molar-refractivity contribution in [1.29, 1.82) is 5.41 Å². The molecular weight excluding hydrogens is 268 g/mol. The van der Waals surface area contributed by atoms with Crippen molar-refractivity contribution in [3.63, 3.8) is 0 Å². The lowest BCUT2D eigenvalue weighted by molar-refractivity contribution is 0.0344. The molecule has 0 aromatic carbocycles. The van der Waals surface area contributed by atoms with E-state index in [1.165, 1.54) is 0 Å². The van der Waals surface area contributed by atoms with Gasteiger partial charge in [0.05, 0.1) is 5.60 Å². The molecule has 1 aliphatic rings. The first-order chi connectivity index (χ1) is 9.74. The van der Waals surface area contributed by atoms with E-state index in [0.29, 0.717) is 18.2 Å². The number of hydrogen-bond acceptors (Lipinski definition) is 6. The minimum atomic E-state index is -0.677. The topological polar surface area (TPSA) is 102 Å². The van der Waals surface area contributed by atoms with Crippen molar-refractivity contribution in [3.05, 3.63) is 17.5 Å². The summed E-state index contributed by atoms with van der Waals surface area (Å²) in [6, 6.07) is 1.72. The van der Waals surface area contributed by atoms with Crippen LogP contribution >= 0.6 is 0 Å². The zero-order valence-electron chi connectivity index (χ0n) is 12.9. The fourth-order valence-electron chi connectivity index (χ4n) is 2.49. The summed E-state index contributed by atoms with van der Waals surface area (Å²) in [5.41, 5.74) is 6.11. The van der Waals surface area contributed by atoms with Gasteiger partial charge >= 0.3 is 0 Å². The molecule has 0 aliphatic carbocycles. The van der Waals surface area contributed by atoms with Gasteiger partial charge in [-0.25, -0.2) is 9.97 Å². The number of nitrogen functional groups attached to an aromatic ring is 1. The summed E-state index contributed by atoms with van der Waals surface area (Å²) in [5, 5.41) is 17.4. The molecule has 0 radical (unpaired) electrons. The molecule has 1 aliphatic heterocycles. The van der Waals surface area contributed by atoms with Gasteiger partial charge in [0.2, 0.25) is 5.95 Å². The Labute approximate surface area is 125 Å². The fraction of sp³-hybridized carbons (Fsp3) is 0.643. The molecule has 116 valence electrons. The number of hydrogen-bond donors (Lipinski definition) is 3. The molecule has 7 nitrogen and oxygen atoms in total. The molecule has 7 heteroatoms. The van der Waals surface area contributed by atoms with Crippen LogP contribution in [0.1, 0.15) is 25.2 Å². The maximum Gasteiger partial charge on any atom is 0.226 e. The van der Waals surface area contributed by atoms with Gasteiger partial charge in [0, 0.05) is 38.4 Å². The van der Waals surface area contributed by atoms with Crippen molar-refractivity contribution < 1.29 is 5.11 Å². The third kappa shape index (κ3) is 4.37. The van der Waals surface area contributed by atoms with Crippen LogP contribution in [0.15, 0.2) is 6.07 Å². The molecule has 1 saturated heterocycles. The Morgan fingerprint density at radius 3 is 2.48 bits per heavy atom. The van der Waals surface area contributed by atoms with Gasteiger partial charge in [0.25, 0.3) is 0 Å². The van der Waals surface area contributed by atoms with Gasteiger partial charge in [-0.3, -0.25) is 10.3 Å². The standard InChI is InChI=1S/C14H24N6O/c1-10-8-11(12(15)16)18-13(17-10)20-6-4-19(5-7-20)9-14(2,3)21/h8,21H,4-7,9H2,1-3H3,(H3,15,16). The maximum absolute atomic E-state index is 9.87. The van der Waals surface area contributed by atoms with Crippen LogP contribution in [-0.4, -0.2) is 64.1 Å². The highest BCUT2D eigenvalue weighted by molar-refractivity contribution is 5.93. The highest BCUT2D eigenvalue weighted by atomic mass is 16.3. The third-order valence-electron chi connectivity index (χ3n) is 3.38. The van der Waals surface area contributed by atoms with Crippen molar-refractivity contribution in [2.45, 2.75) is 26.4 Å². The molecule has 0 saturated carbocycles. The molecule has 2 heterocycles. The lowest BCUT2D eigenvalue weighted by atomic mass is 10.1. The average molecular weight is 292 g/mol. The van der Waals surface area contributed by atoms with Crippen molar-refractivity contribution in [3.8, 4) is 0 Å². The molecular formula is C14H24N6O. The quantitative estimate of drug-likeness (QED) is 0.532. The van der Waals surface area contributed by atoms with Crippen molar-refractivity contribution in [1.82, 2.24) is 14.9 Å². The molecule has 0 atom stereocenters. The van der Waals surface area contributed by atoms with Gasteiger partial charge in [-0.1, -0.05) is 0 Å². The first-order valence-corrected chi connectivity index (χ1v) is 7.14. The second-order valence-electron chi connectivity index (χ2n) is 6.18. The predicted octanol–water partition coefficient (Wildman–Crippen LogP) is -0.0380. The monoisotopic (exact) mass is 292 g/mol. The molecule has 2 rings (SSSR count). The molecule has 0 bridgehead atoms. The van der Waals surface area contributed by atoms with Gasteiger partial charge in [-0.15, -0.1) is 0 Å². The number of aliphatic hydroxyl groups is 1. The lowest BCUT2D eigenvalue weighted by Gasteiger charge is -2.37. The van der Waals surface area contributed by atoms with E-state index in [4.69, 9.17) is 11.1 Å². The summed E-state index contributed by atoms with van der Waals surface area (Å²) in [4.78, 5) is 13.1. The minimum Gasteiger partial charge on any atom is -0.389 e. The first kappa shape index (κ1) is 15.7. The second-order valence-corrected chi connectivity index (χ2v) is 6.18. The molecule has 1 fully saturated rings. The summed E-state index contributed by atoms with van der Waals surface area (Å²) < 4.78 is 0. The Kier molecular flexibility index (Phi) is 4.43. The van der Waals surface area contributed by atoms with Crippen LogP contribution in [0.25, 0.3) is 0 Å². The molecule has 0 amide bonds. The Morgan fingerprint density at radius 2 is 1.95 bits per heavy atom. The van der Waals surface area contributed by atoms with E-state index in [9.17, 15) is 5.11 Å². The molecule has 21 heavy (non-hydrogen) atoms. The van der Waals surface area contributed by atoms with Crippen molar-refractivity contribution in [2.24, 2.45) is 5.73 Å². The van der Waals surface area contributed by atoms with Gasteiger partial charge in [-0.2, -0.15) is 0 Å². The van der Waals surface area contributed by atoms with E-state index in [1.807, 2.05) is 20.8 Å². The summed E-state index contributed by atoms with van der Waals surface area (Å²) in [7, 11) is 0. The molecule has 1 aromatic rings. The van der Waals surface area contributed by atoms with E-state index < -0.39 is 5.60 Å². The van der Waals surface area contributed by atoms with Crippen LogP contribution in [0, 0.1) is 12.3 Å². The minimum absolute atomic E-state index is 0.0394. The number of anilines is 1. The molecule has 0 spiro atoms. The summed E-state index contributed by atoms with van der Waals surface area (Å²) in [6.45, 7) is 9.50. The number of aryl methyl sites for hydroxylation is 1. The summed E-state index contributed by atoms with van der Waals surface area (Å²) >= 11 is 0.